The molecule has 2 rings (SSSR count). The number of anilines is 1. The van der Waals surface area contributed by atoms with Crippen molar-refractivity contribution in [3.05, 3.63) is 58.6 Å². The number of esters is 1. The maximum absolute atomic E-state index is 11.3. The van der Waals surface area contributed by atoms with E-state index < -0.39 is 0 Å². The highest BCUT2D eigenvalue weighted by Crippen LogP contribution is 2.31. The number of methoxy groups -OCH3 is 1. The SMILES string of the molecule is COC(=O)c1ccc(CSc2ccc(N)cc2Cl)cc1. The van der Waals surface area contributed by atoms with Gasteiger partial charge in [0.25, 0.3) is 0 Å². The van der Waals surface area contributed by atoms with E-state index in [9.17, 15) is 4.79 Å². The summed E-state index contributed by atoms with van der Waals surface area (Å²) in [7, 11) is 1.37. The molecule has 0 unspecified atom stereocenters. The zero-order chi connectivity index (χ0) is 14.5. The van der Waals surface area contributed by atoms with Gasteiger partial charge in [-0.2, -0.15) is 0 Å². The van der Waals surface area contributed by atoms with Crippen LogP contribution in [0.2, 0.25) is 5.02 Å². The molecule has 0 heterocycles. The lowest BCUT2D eigenvalue weighted by molar-refractivity contribution is 0.0600. The first-order chi connectivity index (χ1) is 9.60. The fraction of sp³-hybridized carbons (Fsp3) is 0.133. The lowest BCUT2D eigenvalue weighted by atomic mass is 10.1. The number of rotatable bonds is 4. The fourth-order valence-corrected chi connectivity index (χ4v) is 2.88. The highest BCUT2D eigenvalue weighted by Gasteiger charge is 2.06. The average Bonchev–Trinajstić information content (AvgIpc) is 2.46. The minimum Gasteiger partial charge on any atom is -0.465 e. The zero-order valence-electron chi connectivity index (χ0n) is 10.9. The third kappa shape index (κ3) is 3.68. The van der Waals surface area contributed by atoms with Gasteiger partial charge in [-0.25, -0.2) is 4.79 Å². The molecular weight excluding hydrogens is 294 g/mol. The maximum Gasteiger partial charge on any atom is 0.337 e. The van der Waals surface area contributed by atoms with Crippen LogP contribution in [0.1, 0.15) is 15.9 Å². The van der Waals surface area contributed by atoms with Crippen LogP contribution in [0.3, 0.4) is 0 Å². The van der Waals surface area contributed by atoms with Crippen LogP contribution in [0.15, 0.2) is 47.4 Å². The van der Waals surface area contributed by atoms with Crippen LogP contribution in [0, 0.1) is 0 Å². The summed E-state index contributed by atoms with van der Waals surface area (Å²) in [5.74, 6) is 0.441. The number of benzene rings is 2. The smallest absolute Gasteiger partial charge is 0.337 e. The van der Waals surface area contributed by atoms with Crippen molar-refractivity contribution >= 4 is 35.0 Å². The number of thioether (sulfide) groups is 1. The Morgan fingerprint density at radius 1 is 1.25 bits per heavy atom. The molecule has 20 heavy (non-hydrogen) atoms. The number of ether oxygens (including phenoxy) is 1. The van der Waals surface area contributed by atoms with Gasteiger partial charge in [0.05, 0.1) is 17.7 Å². The number of carbonyl (C=O) groups is 1. The lowest BCUT2D eigenvalue weighted by Crippen LogP contribution is -2.00. The molecule has 2 N–H and O–H groups in total. The largest absolute Gasteiger partial charge is 0.465 e. The molecule has 0 saturated carbocycles. The molecule has 0 bridgehead atoms. The van der Waals surface area contributed by atoms with Gasteiger partial charge in [-0.15, -0.1) is 11.8 Å². The van der Waals surface area contributed by atoms with E-state index >= 15 is 0 Å². The Kier molecular flexibility index (Phi) is 4.93. The summed E-state index contributed by atoms with van der Waals surface area (Å²) in [5.41, 5.74) is 7.96. The summed E-state index contributed by atoms with van der Waals surface area (Å²) in [6.07, 6.45) is 0. The van der Waals surface area contributed by atoms with Gasteiger partial charge in [0, 0.05) is 16.3 Å². The molecule has 0 amide bonds. The Hall–Kier alpha value is -1.65. The monoisotopic (exact) mass is 307 g/mol. The predicted molar refractivity (Wildman–Crippen MR) is 83.2 cm³/mol. The molecule has 104 valence electrons. The number of nitrogens with two attached hydrogens (primary N) is 1. The van der Waals surface area contributed by atoms with Crippen LogP contribution in [0.4, 0.5) is 5.69 Å². The summed E-state index contributed by atoms with van der Waals surface area (Å²) >= 11 is 7.74. The number of hydrogen-bond acceptors (Lipinski definition) is 4. The van der Waals surface area contributed by atoms with Crippen LogP contribution >= 0.6 is 23.4 Å². The molecule has 5 heteroatoms. The molecule has 2 aromatic carbocycles. The molecule has 0 aromatic heterocycles. The molecule has 0 aliphatic heterocycles. The highest BCUT2D eigenvalue weighted by atomic mass is 35.5. The van der Waals surface area contributed by atoms with Gasteiger partial charge in [0.15, 0.2) is 0 Å². The summed E-state index contributed by atoms with van der Waals surface area (Å²) in [5, 5.41) is 0.654. The van der Waals surface area contributed by atoms with Gasteiger partial charge in [-0.3, -0.25) is 0 Å². The third-order valence-electron chi connectivity index (χ3n) is 2.73. The second-order valence-corrected chi connectivity index (χ2v) is 5.59. The molecule has 3 nitrogen and oxygen atoms in total. The first kappa shape index (κ1) is 14.8. The van der Waals surface area contributed by atoms with Gasteiger partial charge in [-0.05, 0) is 35.9 Å². The van der Waals surface area contributed by atoms with Crippen molar-refractivity contribution in [2.24, 2.45) is 0 Å². The second kappa shape index (κ2) is 6.68. The van der Waals surface area contributed by atoms with E-state index in [4.69, 9.17) is 17.3 Å². The normalized spacial score (nSPS) is 10.3. The van der Waals surface area contributed by atoms with Crippen LogP contribution < -0.4 is 5.73 Å². The Morgan fingerprint density at radius 2 is 1.95 bits per heavy atom. The Bertz CT molecular complexity index is 614. The van der Waals surface area contributed by atoms with E-state index in [1.807, 2.05) is 24.3 Å². The quantitative estimate of drug-likeness (QED) is 0.527. The molecule has 0 saturated heterocycles. The summed E-state index contributed by atoms with van der Waals surface area (Å²) in [4.78, 5) is 12.3. The van der Waals surface area contributed by atoms with Crippen LogP contribution in [-0.2, 0) is 10.5 Å². The summed E-state index contributed by atoms with van der Waals surface area (Å²) < 4.78 is 4.66. The molecule has 2 aromatic rings. The van der Waals surface area contributed by atoms with Crippen molar-refractivity contribution in [2.45, 2.75) is 10.6 Å². The van der Waals surface area contributed by atoms with E-state index in [0.29, 0.717) is 16.3 Å². The highest BCUT2D eigenvalue weighted by molar-refractivity contribution is 7.98. The molecule has 0 radical (unpaired) electrons. The minimum atomic E-state index is -0.328. The van der Waals surface area contributed by atoms with Gasteiger partial charge >= 0.3 is 5.97 Å². The first-order valence-corrected chi connectivity index (χ1v) is 7.31. The van der Waals surface area contributed by atoms with Gasteiger partial charge in [0.2, 0.25) is 0 Å². The standard InChI is InChI=1S/C15H14ClNO2S/c1-19-15(18)11-4-2-10(3-5-11)9-20-14-7-6-12(17)8-13(14)16/h2-8H,9,17H2,1H3. The Labute approximate surface area is 127 Å². The van der Waals surface area contributed by atoms with Crippen LogP contribution in [0.25, 0.3) is 0 Å². The predicted octanol–water partition coefficient (Wildman–Crippen LogP) is 4.00. The molecule has 0 fully saturated rings. The van der Waals surface area contributed by atoms with Crippen LogP contribution in [0.5, 0.6) is 0 Å². The summed E-state index contributed by atoms with van der Waals surface area (Å²) in [6.45, 7) is 0. The fourth-order valence-electron chi connectivity index (χ4n) is 1.65. The van der Waals surface area contributed by atoms with Gasteiger partial charge < -0.3 is 10.5 Å². The molecule has 0 spiro atoms. The van der Waals surface area contributed by atoms with Crippen molar-refractivity contribution in [1.29, 1.82) is 0 Å². The van der Waals surface area contributed by atoms with Crippen molar-refractivity contribution in [3.8, 4) is 0 Å². The number of nitrogen functional groups attached to an aromatic ring is 1. The molecule has 0 atom stereocenters. The van der Waals surface area contributed by atoms with E-state index in [2.05, 4.69) is 4.74 Å². The van der Waals surface area contributed by atoms with E-state index in [1.165, 1.54) is 7.11 Å². The van der Waals surface area contributed by atoms with Gasteiger partial charge in [0.1, 0.15) is 0 Å². The number of halogens is 1. The number of hydrogen-bond donors (Lipinski definition) is 1. The first-order valence-electron chi connectivity index (χ1n) is 5.95. The van der Waals surface area contributed by atoms with E-state index in [1.54, 1.807) is 30.0 Å². The molecular formula is C15H14ClNO2S. The van der Waals surface area contributed by atoms with Crippen LogP contribution in [-0.4, -0.2) is 13.1 Å². The lowest BCUT2D eigenvalue weighted by Gasteiger charge is -2.06. The van der Waals surface area contributed by atoms with Crippen molar-refractivity contribution < 1.29 is 9.53 Å². The van der Waals surface area contributed by atoms with Crippen molar-refractivity contribution in [1.82, 2.24) is 0 Å². The second-order valence-electron chi connectivity index (χ2n) is 4.17. The Balaban J connectivity index is 2.02. The Morgan fingerprint density at radius 3 is 2.55 bits per heavy atom. The van der Waals surface area contributed by atoms with Crippen molar-refractivity contribution in [3.63, 3.8) is 0 Å². The third-order valence-corrected chi connectivity index (χ3v) is 4.29. The van der Waals surface area contributed by atoms with E-state index in [-0.39, 0.29) is 5.97 Å². The zero-order valence-corrected chi connectivity index (χ0v) is 12.5. The maximum atomic E-state index is 11.3. The van der Waals surface area contributed by atoms with Gasteiger partial charge in [-0.1, -0.05) is 23.7 Å². The topological polar surface area (TPSA) is 52.3 Å². The number of carbonyl (C=O) groups excluding carboxylic acids is 1. The average molecular weight is 308 g/mol. The summed E-state index contributed by atoms with van der Waals surface area (Å²) in [6, 6.07) is 12.8. The van der Waals surface area contributed by atoms with E-state index in [0.717, 1.165) is 16.2 Å². The molecule has 0 aliphatic carbocycles. The minimum absolute atomic E-state index is 0.328. The molecule has 0 aliphatic rings. The van der Waals surface area contributed by atoms with Crippen molar-refractivity contribution in [2.75, 3.05) is 12.8 Å².